The van der Waals surface area contributed by atoms with Gasteiger partial charge in [0, 0.05) is 17.3 Å². The monoisotopic (exact) mass is 209 g/mol. The van der Waals surface area contributed by atoms with Gasteiger partial charge in [-0.3, -0.25) is 4.79 Å². The van der Waals surface area contributed by atoms with Crippen LogP contribution in [0.5, 0.6) is 0 Å². The maximum atomic E-state index is 10.3. The molecule has 5 heteroatoms. The standard InChI is InChI=1S/C7H15NO2S2/c1-2-11-3-4-12-5-6(8)7(9)10/h6H,2-5,8H2,1H3,(H,9,10)/t6-/m0/s1. The van der Waals surface area contributed by atoms with Gasteiger partial charge in [-0.15, -0.1) is 0 Å². The van der Waals surface area contributed by atoms with Crippen molar-refractivity contribution < 1.29 is 9.90 Å². The zero-order chi connectivity index (χ0) is 9.40. The third-order valence-corrected chi connectivity index (χ3v) is 3.44. The molecule has 0 amide bonds. The number of carbonyl (C=O) groups is 1. The second kappa shape index (κ2) is 7.76. The summed E-state index contributed by atoms with van der Waals surface area (Å²) in [5.74, 6) is 2.78. The van der Waals surface area contributed by atoms with Crippen LogP contribution in [-0.4, -0.2) is 40.1 Å². The molecule has 0 aromatic carbocycles. The van der Waals surface area contributed by atoms with Gasteiger partial charge in [0.25, 0.3) is 0 Å². The highest BCUT2D eigenvalue weighted by Crippen LogP contribution is 2.07. The molecular formula is C7H15NO2S2. The maximum Gasteiger partial charge on any atom is 0.321 e. The van der Waals surface area contributed by atoms with Crippen molar-refractivity contribution in [3.8, 4) is 0 Å². The lowest BCUT2D eigenvalue weighted by molar-refractivity contribution is -0.137. The number of thioether (sulfide) groups is 2. The average molecular weight is 209 g/mol. The number of hydrogen-bond donors (Lipinski definition) is 2. The molecule has 0 spiro atoms. The SMILES string of the molecule is CCSCCSC[C@H](N)C(=O)O. The quantitative estimate of drug-likeness (QED) is 0.610. The van der Waals surface area contributed by atoms with Crippen LogP contribution in [0.3, 0.4) is 0 Å². The summed E-state index contributed by atoms with van der Waals surface area (Å²) in [7, 11) is 0. The van der Waals surface area contributed by atoms with Crippen molar-refractivity contribution in [3.63, 3.8) is 0 Å². The lowest BCUT2D eigenvalue weighted by atomic mass is 10.4. The molecule has 0 heterocycles. The Morgan fingerprint density at radius 2 is 2.08 bits per heavy atom. The van der Waals surface area contributed by atoms with E-state index < -0.39 is 12.0 Å². The van der Waals surface area contributed by atoms with E-state index in [0.29, 0.717) is 5.75 Å². The van der Waals surface area contributed by atoms with Crippen LogP contribution in [0.2, 0.25) is 0 Å². The van der Waals surface area contributed by atoms with Crippen LogP contribution in [0, 0.1) is 0 Å². The smallest absolute Gasteiger partial charge is 0.321 e. The molecule has 0 aliphatic rings. The minimum absolute atomic E-state index is 0.513. The first-order valence-corrected chi connectivity index (χ1v) is 6.13. The van der Waals surface area contributed by atoms with Crippen molar-refractivity contribution in [1.82, 2.24) is 0 Å². The number of carboxylic acid groups (broad SMARTS) is 1. The Bertz CT molecular complexity index is 133. The van der Waals surface area contributed by atoms with E-state index in [1.807, 2.05) is 11.8 Å². The molecule has 0 aliphatic carbocycles. The molecule has 12 heavy (non-hydrogen) atoms. The Hall–Kier alpha value is 0.130. The van der Waals surface area contributed by atoms with Gasteiger partial charge in [0.2, 0.25) is 0 Å². The van der Waals surface area contributed by atoms with Crippen LogP contribution < -0.4 is 5.73 Å². The first kappa shape index (κ1) is 12.1. The predicted octanol–water partition coefficient (Wildman–Crippen LogP) is 0.885. The van der Waals surface area contributed by atoms with Gasteiger partial charge < -0.3 is 10.8 Å². The van der Waals surface area contributed by atoms with E-state index in [2.05, 4.69) is 6.92 Å². The molecule has 1 atom stereocenters. The summed E-state index contributed by atoms with van der Waals surface area (Å²) >= 11 is 3.46. The van der Waals surface area contributed by atoms with Gasteiger partial charge in [0.1, 0.15) is 6.04 Å². The van der Waals surface area contributed by atoms with Crippen molar-refractivity contribution >= 4 is 29.5 Å². The van der Waals surface area contributed by atoms with Crippen LogP contribution in [0.25, 0.3) is 0 Å². The molecule has 0 saturated carbocycles. The highest BCUT2D eigenvalue weighted by atomic mass is 32.2. The Morgan fingerprint density at radius 1 is 1.50 bits per heavy atom. The number of hydrogen-bond acceptors (Lipinski definition) is 4. The molecule has 0 rings (SSSR count). The molecule has 0 fully saturated rings. The van der Waals surface area contributed by atoms with Gasteiger partial charge in [-0.25, -0.2) is 0 Å². The number of nitrogens with two attached hydrogens (primary N) is 1. The van der Waals surface area contributed by atoms with Crippen molar-refractivity contribution in [2.24, 2.45) is 5.73 Å². The van der Waals surface area contributed by atoms with Crippen LogP contribution >= 0.6 is 23.5 Å². The summed E-state index contributed by atoms with van der Waals surface area (Å²) in [4.78, 5) is 10.3. The van der Waals surface area contributed by atoms with Gasteiger partial charge >= 0.3 is 5.97 Å². The van der Waals surface area contributed by atoms with E-state index in [1.54, 1.807) is 11.8 Å². The second-order valence-corrected chi connectivity index (χ2v) is 4.76. The van der Waals surface area contributed by atoms with Gasteiger partial charge in [0.05, 0.1) is 0 Å². The third-order valence-electron chi connectivity index (χ3n) is 1.19. The Morgan fingerprint density at radius 3 is 2.58 bits per heavy atom. The molecule has 0 saturated heterocycles. The van der Waals surface area contributed by atoms with Crippen molar-refractivity contribution in [2.45, 2.75) is 13.0 Å². The topological polar surface area (TPSA) is 63.3 Å². The molecule has 0 aromatic rings. The Labute approximate surface area is 81.5 Å². The Balaban J connectivity index is 3.14. The number of rotatable bonds is 7. The second-order valence-electron chi connectivity index (χ2n) is 2.22. The summed E-state index contributed by atoms with van der Waals surface area (Å²) < 4.78 is 0. The lowest BCUT2D eigenvalue weighted by Crippen LogP contribution is -2.32. The Kier molecular flexibility index (Phi) is 7.85. The number of aliphatic carboxylic acids is 1. The maximum absolute atomic E-state index is 10.3. The molecule has 0 radical (unpaired) electrons. The van der Waals surface area contributed by atoms with E-state index in [1.165, 1.54) is 0 Å². The molecule has 0 aromatic heterocycles. The minimum atomic E-state index is -0.911. The van der Waals surface area contributed by atoms with Crippen LogP contribution in [-0.2, 0) is 4.79 Å². The lowest BCUT2D eigenvalue weighted by Gasteiger charge is -2.04. The largest absolute Gasteiger partial charge is 0.480 e. The summed E-state index contributed by atoms with van der Waals surface area (Å²) in [6.07, 6.45) is 0. The first-order chi connectivity index (χ1) is 5.68. The molecule has 3 N–H and O–H groups in total. The van der Waals surface area contributed by atoms with Crippen molar-refractivity contribution in [2.75, 3.05) is 23.0 Å². The van der Waals surface area contributed by atoms with Gasteiger partial charge in [-0.2, -0.15) is 23.5 Å². The van der Waals surface area contributed by atoms with E-state index in [9.17, 15) is 4.79 Å². The number of carboxylic acids is 1. The van der Waals surface area contributed by atoms with Crippen LogP contribution in [0.1, 0.15) is 6.92 Å². The van der Waals surface area contributed by atoms with Gasteiger partial charge in [-0.05, 0) is 5.75 Å². The summed E-state index contributed by atoms with van der Waals surface area (Å²) in [5.41, 5.74) is 5.30. The van der Waals surface area contributed by atoms with Crippen molar-refractivity contribution in [3.05, 3.63) is 0 Å². The molecule has 3 nitrogen and oxygen atoms in total. The first-order valence-electron chi connectivity index (χ1n) is 3.82. The average Bonchev–Trinajstić information content (AvgIpc) is 2.03. The predicted molar refractivity (Wildman–Crippen MR) is 55.9 cm³/mol. The van der Waals surface area contributed by atoms with Crippen LogP contribution in [0.15, 0.2) is 0 Å². The fraction of sp³-hybridized carbons (Fsp3) is 0.857. The molecule has 0 bridgehead atoms. The van der Waals surface area contributed by atoms with Crippen LogP contribution in [0.4, 0.5) is 0 Å². The van der Waals surface area contributed by atoms with Gasteiger partial charge in [0.15, 0.2) is 0 Å². The fourth-order valence-electron chi connectivity index (χ4n) is 0.544. The molecule has 72 valence electrons. The zero-order valence-corrected chi connectivity index (χ0v) is 8.79. The fourth-order valence-corrected chi connectivity index (χ4v) is 2.34. The van der Waals surface area contributed by atoms with E-state index in [4.69, 9.17) is 10.8 Å². The molecule has 0 aliphatic heterocycles. The summed E-state index contributed by atoms with van der Waals surface area (Å²) in [6, 6.07) is -0.707. The van der Waals surface area contributed by atoms with E-state index in [-0.39, 0.29) is 0 Å². The van der Waals surface area contributed by atoms with Crippen molar-refractivity contribution in [1.29, 1.82) is 0 Å². The summed E-state index contributed by atoms with van der Waals surface area (Å²) in [5, 5.41) is 8.44. The summed E-state index contributed by atoms with van der Waals surface area (Å²) in [6.45, 7) is 2.11. The molecule has 0 unspecified atom stereocenters. The van der Waals surface area contributed by atoms with Gasteiger partial charge in [-0.1, -0.05) is 6.92 Å². The third kappa shape index (κ3) is 6.82. The highest BCUT2D eigenvalue weighted by molar-refractivity contribution is 8.02. The van der Waals surface area contributed by atoms with E-state index in [0.717, 1.165) is 17.3 Å². The zero-order valence-electron chi connectivity index (χ0n) is 7.16. The highest BCUT2D eigenvalue weighted by Gasteiger charge is 2.09. The normalized spacial score (nSPS) is 12.8. The molecular weight excluding hydrogens is 194 g/mol. The minimum Gasteiger partial charge on any atom is -0.480 e. The van der Waals surface area contributed by atoms with E-state index >= 15 is 0 Å².